The Bertz CT molecular complexity index is 410. The van der Waals surface area contributed by atoms with Crippen molar-refractivity contribution in [1.29, 1.82) is 0 Å². The molecule has 0 spiro atoms. The number of nitrogens with zero attached hydrogens (tertiary/aromatic N) is 1. The molecular weight excluding hydrogens is 253 g/mol. The predicted molar refractivity (Wildman–Crippen MR) is 58.5 cm³/mol. The van der Waals surface area contributed by atoms with Crippen molar-refractivity contribution < 1.29 is 22.8 Å². The van der Waals surface area contributed by atoms with Crippen LogP contribution in [0.3, 0.4) is 0 Å². The highest BCUT2D eigenvalue weighted by Crippen LogP contribution is 2.17. The van der Waals surface area contributed by atoms with Crippen LogP contribution in [0.2, 0.25) is 0 Å². The van der Waals surface area contributed by atoms with Crippen LogP contribution < -0.4 is 5.32 Å². The van der Waals surface area contributed by atoms with Crippen molar-refractivity contribution in [3.05, 3.63) is 34.4 Å². The molecule has 18 heavy (non-hydrogen) atoms. The molecule has 1 rings (SSSR count). The highest BCUT2D eigenvalue weighted by atomic mass is 19.4. The van der Waals surface area contributed by atoms with Crippen molar-refractivity contribution in [2.45, 2.75) is 6.18 Å². The fraction of sp³-hybridized carbons (Fsp3) is 0.400. The topological polar surface area (TPSA) is 64.4 Å². The van der Waals surface area contributed by atoms with Crippen LogP contribution >= 0.6 is 0 Å². The third-order valence-corrected chi connectivity index (χ3v) is 1.90. The van der Waals surface area contributed by atoms with Gasteiger partial charge in [0.25, 0.3) is 5.69 Å². The molecule has 0 atom stereocenters. The van der Waals surface area contributed by atoms with E-state index in [-0.39, 0.29) is 18.8 Å². The first-order valence-corrected chi connectivity index (χ1v) is 5.01. The molecule has 1 aromatic carbocycles. The lowest BCUT2D eigenvalue weighted by Crippen LogP contribution is -2.20. The highest BCUT2D eigenvalue weighted by Gasteiger charge is 2.27. The average molecular weight is 264 g/mol. The van der Waals surface area contributed by atoms with E-state index in [0.29, 0.717) is 5.69 Å². The van der Waals surface area contributed by atoms with Gasteiger partial charge in [-0.15, -0.1) is 0 Å². The quantitative estimate of drug-likeness (QED) is 0.487. The number of alkyl halides is 3. The summed E-state index contributed by atoms with van der Waals surface area (Å²) in [5.74, 6) is 0. The van der Waals surface area contributed by atoms with E-state index in [0.717, 1.165) is 0 Å². The summed E-state index contributed by atoms with van der Waals surface area (Å²) in [7, 11) is 0. The number of benzene rings is 1. The van der Waals surface area contributed by atoms with E-state index in [9.17, 15) is 23.3 Å². The molecular formula is C10H11F3N2O3. The van der Waals surface area contributed by atoms with Crippen LogP contribution in [0.4, 0.5) is 24.5 Å². The van der Waals surface area contributed by atoms with Gasteiger partial charge in [-0.25, -0.2) is 0 Å². The first-order chi connectivity index (χ1) is 8.38. The molecule has 0 unspecified atom stereocenters. The van der Waals surface area contributed by atoms with Crippen LogP contribution in [-0.4, -0.2) is 30.9 Å². The Hall–Kier alpha value is -1.83. The summed E-state index contributed by atoms with van der Waals surface area (Å²) >= 11 is 0. The van der Waals surface area contributed by atoms with Gasteiger partial charge < -0.3 is 10.1 Å². The third kappa shape index (κ3) is 5.48. The van der Waals surface area contributed by atoms with E-state index in [2.05, 4.69) is 10.1 Å². The first kappa shape index (κ1) is 14.2. The van der Waals surface area contributed by atoms with E-state index >= 15 is 0 Å². The lowest BCUT2D eigenvalue weighted by atomic mass is 10.3. The van der Waals surface area contributed by atoms with Crippen LogP contribution in [0.25, 0.3) is 0 Å². The van der Waals surface area contributed by atoms with E-state index in [1.165, 1.54) is 18.2 Å². The van der Waals surface area contributed by atoms with Gasteiger partial charge in [-0.05, 0) is 6.07 Å². The number of non-ortho nitro benzene ring substituents is 1. The SMILES string of the molecule is O=[N+]([O-])c1cccc(NCCOCC(F)(F)F)c1. The number of nitro benzene ring substituents is 1. The predicted octanol–water partition coefficient (Wildman–Crippen LogP) is 2.59. The minimum Gasteiger partial charge on any atom is -0.383 e. The number of rotatable bonds is 6. The monoisotopic (exact) mass is 264 g/mol. The Kier molecular flexibility index (Phi) is 4.90. The van der Waals surface area contributed by atoms with Gasteiger partial charge in [0.1, 0.15) is 6.61 Å². The summed E-state index contributed by atoms with van der Waals surface area (Å²) in [4.78, 5) is 9.92. The molecule has 8 heteroatoms. The molecule has 1 N–H and O–H groups in total. The summed E-state index contributed by atoms with van der Waals surface area (Å²) in [6.45, 7) is -1.30. The Labute approximate surface area is 101 Å². The van der Waals surface area contributed by atoms with Gasteiger partial charge in [0.2, 0.25) is 0 Å². The van der Waals surface area contributed by atoms with E-state index in [1.807, 2.05) is 0 Å². The number of hydrogen-bond acceptors (Lipinski definition) is 4. The van der Waals surface area contributed by atoms with Crippen LogP contribution in [0.15, 0.2) is 24.3 Å². The molecule has 5 nitrogen and oxygen atoms in total. The van der Waals surface area contributed by atoms with Crippen LogP contribution in [0.1, 0.15) is 0 Å². The number of anilines is 1. The summed E-state index contributed by atoms with van der Waals surface area (Å²) < 4.78 is 39.6. The average Bonchev–Trinajstić information content (AvgIpc) is 2.27. The molecule has 0 heterocycles. The number of nitrogens with one attached hydrogen (secondary N) is 1. The Morgan fingerprint density at radius 3 is 2.72 bits per heavy atom. The van der Waals surface area contributed by atoms with Crippen molar-refractivity contribution >= 4 is 11.4 Å². The second-order valence-electron chi connectivity index (χ2n) is 3.40. The molecule has 0 bridgehead atoms. The molecule has 100 valence electrons. The van der Waals surface area contributed by atoms with Crippen molar-refractivity contribution in [3.63, 3.8) is 0 Å². The van der Waals surface area contributed by atoms with Gasteiger partial charge in [-0.2, -0.15) is 13.2 Å². The third-order valence-electron chi connectivity index (χ3n) is 1.90. The Morgan fingerprint density at radius 1 is 1.39 bits per heavy atom. The molecule has 0 radical (unpaired) electrons. The zero-order chi connectivity index (χ0) is 13.6. The second-order valence-corrected chi connectivity index (χ2v) is 3.40. The first-order valence-electron chi connectivity index (χ1n) is 5.01. The zero-order valence-corrected chi connectivity index (χ0v) is 9.24. The number of halogens is 3. The van der Waals surface area contributed by atoms with Gasteiger partial charge in [0, 0.05) is 24.4 Å². The van der Waals surface area contributed by atoms with Crippen LogP contribution in [0.5, 0.6) is 0 Å². The highest BCUT2D eigenvalue weighted by molar-refractivity contribution is 5.50. The summed E-state index contributed by atoms with van der Waals surface area (Å²) in [6, 6.07) is 5.68. The minimum atomic E-state index is -4.34. The van der Waals surface area contributed by atoms with Gasteiger partial charge >= 0.3 is 6.18 Å². The minimum absolute atomic E-state index is 0.0868. The van der Waals surface area contributed by atoms with Gasteiger partial charge in [-0.1, -0.05) is 6.07 Å². The molecule has 0 amide bonds. The summed E-state index contributed by atoms with van der Waals surface area (Å²) in [5, 5.41) is 13.2. The molecule has 0 saturated carbocycles. The van der Waals surface area contributed by atoms with E-state index in [4.69, 9.17) is 0 Å². The number of nitro groups is 1. The lowest BCUT2D eigenvalue weighted by Gasteiger charge is -2.09. The number of ether oxygens (including phenoxy) is 1. The Morgan fingerprint density at radius 2 is 2.11 bits per heavy atom. The van der Waals surface area contributed by atoms with Crippen LogP contribution in [-0.2, 0) is 4.74 Å². The molecule has 0 aliphatic carbocycles. The zero-order valence-electron chi connectivity index (χ0n) is 9.24. The Balaban J connectivity index is 2.31. The summed E-state index contributed by atoms with van der Waals surface area (Å²) in [5.41, 5.74) is 0.371. The smallest absolute Gasteiger partial charge is 0.383 e. The molecule has 0 aromatic heterocycles. The molecule has 0 fully saturated rings. The van der Waals surface area contributed by atoms with E-state index < -0.39 is 17.7 Å². The van der Waals surface area contributed by atoms with Crippen molar-refractivity contribution in [3.8, 4) is 0 Å². The number of hydrogen-bond donors (Lipinski definition) is 1. The largest absolute Gasteiger partial charge is 0.411 e. The van der Waals surface area contributed by atoms with Crippen molar-refractivity contribution in [1.82, 2.24) is 0 Å². The second kappa shape index (κ2) is 6.20. The maximum absolute atomic E-state index is 11.7. The lowest BCUT2D eigenvalue weighted by molar-refractivity contribution is -0.384. The van der Waals surface area contributed by atoms with Gasteiger partial charge in [-0.3, -0.25) is 10.1 Å². The molecule has 0 saturated heterocycles. The van der Waals surface area contributed by atoms with Crippen molar-refractivity contribution in [2.24, 2.45) is 0 Å². The normalized spacial score (nSPS) is 11.3. The van der Waals surface area contributed by atoms with E-state index in [1.54, 1.807) is 6.07 Å². The van der Waals surface area contributed by atoms with Gasteiger partial charge in [0.05, 0.1) is 11.5 Å². The maximum Gasteiger partial charge on any atom is 0.411 e. The fourth-order valence-electron chi connectivity index (χ4n) is 1.18. The molecule has 1 aromatic rings. The van der Waals surface area contributed by atoms with Crippen LogP contribution in [0, 0.1) is 10.1 Å². The van der Waals surface area contributed by atoms with Crippen molar-refractivity contribution in [2.75, 3.05) is 25.1 Å². The standard InChI is InChI=1S/C10H11F3N2O3/c11-10(12,13)7-18-5-4-14-8-2-1-3-9(6-8)15(16)17/h1-3,6,14H,4-5,7H2. The molecule has 0 aliphatic rings. The maximum atomic E-state index is 11.7. The molecule has 0 aliphatic heterocycles. The van der Waals surface area contributed by atoms with Gasteiger partial charge in [0.15, 0.2) is 0 Å². The fourth-order valence-corrected chi connectivity index (χ4v) is 1.18. The summed E-state index contributed by atoms with van der Waals surface area (Å²) in [6.07, 6.45) is -4.34.